The van der Waals surface area contributed by atoms with E-state index in [2.05, 4.69) is 11.8 Å². The van der Waals surface area contributed by atoms with E-state index >= 15 is 0 Å². The van der Waals surface area contributed by atoms with E-state index in [0.717, 1.165) is 30.3 Å². The van der Waals surface area contributed by atoms with Crippen LogP contribution in [-0.2, 0) is 0 Å². The molecule has 2 rings (SSSR count). The molecule has 1 aliphatic rings. The third-order valence-corrected chi connectivity index (χ3v) is 5.55. The first-order valence-corrected chi connectivity index (χ1v) is 9.06. The summed E-state index contributed by atoms with van der Waals surface area (Å²) >= 11 is 1.62. The summed E-state index contributed by atoms with van der Waals surface area (Å²) in [4.78, 5) is 3.30. The number of thioether (sulfide) groups is 1. The van der Waals surface area contributed by atoms with Crippen molar-refractivity contribution in [1.82, 2.24) is 4.90 Å². The molecule has 0 aliphatic heterocycles. The third kappa shape index (κ3) is 4.70. The second-order valence-electron chi connectivity index (χ2n) is 5.76. The highest BCUT2D eigenvalue weighted by atomic mass is 32.2. The lowest BCUT2D eigenvalue weighted by molar-refractivity contribution is 0.119. The highest BCUT2D eigenvalue weighted by Crippen LogP contribution is 2.28. The molecule has 0 saturated heterocycles. The Morgan fingerprint density at radius 2 is 2.05 bits per heavy atom. The van der Waals surface area contributed by atoms with Crippen molar-refractivity contribution in [3.8, 4) is 0 Å². The topological polar surface area (TPSA) is 29.3 Å². The molecule has 1 aliphatic carbocycles. The maximum atomic E-state index is 13.6. The smallest absolute Gasteiger partial charge is 0.136 e. The van der Waals surface area contributed by atoms with E-state index in [9.17, 15) is 4.39 Å². The van der Waals surface area contributed by atoms with Crippen LogP contribution in [-0.4, -0.2) is 36.3 Å². The van der Waals surface area contributed by atoms with Gasteiger partial charge in [-0.05, 0) is 44.0 Å². The van der Waals surface area contributed by atoms with Gasteiger partial charge in [-0.25, -0.2) is 4.39 Å². The van der Waals surface area contributed by atoms with Gasteiger partial charge in [0.1, 0.15) is 5.82 Å². The Labute approximate surface area is 132 Å². The molecule has 0 aromatic heterocycles. The van der Waals surface area contributed by atoms with Crippen LogP contribution in [0.5, 0.6) is 0 Å². The zero-order chi connectivity index (χ0) is 15.1. The van der Waals surface area contributed by atoms with Gasteiger partial charge in [0, 0.05) is 23.2 Å². The van der Waals surface area contributed by atoms with Crippen molar-refractivity contribution in [3.05, 3.63) is 30.1 Å². The summed E-state index contributed by atoms with van der Waals surface area (Å²) in [6.07, 6.45) is 5.16. The fraction of sp³-hybridized carbons (Fsp3) is 0.647. The van der Waals surface area contributed by atoms with Crippen LogP contribution < -0.4 is 5.73 Å². The lowest BCUT2D eigenvalue weighted by atomic mass is 9.83. The maximum absolute atomic E-state index is 13.6. The molecule has 2 atom stereocenters. The van der Waals surface area contributed by atoms with Gasteiger partial charge in [-0.15, -0.1) is 11.8 Å². The van der Waals surface area contributed by atoms with E-state index in [1.54, 1.807) is 17.8 Å². The maximum Gasteiger partial charge on any atom is 0.136 e. The van der Waals surface area contributed by atoms with Crippen molar-refractivity contribution in [2.75, 3.05) is 25.4 Å². The van der Waals surface area contributed by atoms with Gasteiger partial charge in [-0.1, -0.05) is 31.9 Å². The summed E-state index contributed by atoms with van der Waals surface area (Å²) in [6, 6.07) is 7.65. The third-order valence-electron chi connectivity index (χ3n) is 4.52. The molecule has 118 valence electrons. The number of hydrogen-bond donors (Lipinski definition) is 1. The molecule has 0 spiro atoms. The number of halogens is 1. The van der Waals surface area contributed by atoms with E-state index < -0.39 is 0 Å². The summed E-state index contributed by atoms with van der Waals surface area (Å²) < 4.78 is 13.6. The monoisotopic (exact) mass is 310 g/mol. The van der Waals surface area contributed by atoms with Gasteiger partial charge in [-0.2, -0.15) is 0 Å². The molecule has 0 radical (unpaired) electrons. The van der Waals surface area contributed by atoms with E-state index in [1.165, 1.54) is 31.7 Å². The molecule has 0 amide bonds. The molecule has 0 bridgehead atoms. The number of rotatable bonds is 7. The van der Waals surface area contributed by atoms with Crippen molar-refractivity contribution in [3.63, 3.8) is 0 Å². The average molecular weight is 310 g/mol. The van der Waals surface area contributed by atoms with Crippen LogP contribution >= 0.6 is 11.8 Å². The highest BCUT2D eigenvalue weighted by Gasteiger charge is 2.28. The second-order valence-corrected chi connectivity index (χ2v) is 6.89. The number of benzene rings is 1. The lowest BCUT2D eigenvalue weighted by Crippen LogP contribution is -2.45. The largest absolute Gasteiger partial charge is 0.330 e. The summed E-state index contributed by atoms with van der Waals surface area (Å²) in [5.74, 6) is 1.46. The van der Waals surface area contributed by atoms with Gasteiger partial charge in [0.15, 0.2) is 0 Å². The molecule has 4 heteroatoms. The normalized spacial score (nSPS) is 22.7. The van der Waals surface area contributed by atoms with E-state index in [0.29, 0.717) is 12.0 Å². The Hall–Kier alpha value is -0.580. The zero-order valence-corrected chi connectivity index (χ0v) is 13.7. The number of nitrogens with two attached hydrogens (primary N) is 1. The Morgan fingerprint density at radius 1 is 1.29 bits per heavy atom. The fourth-order valence-electron chi connectivity index (χ4n) is 3.34. The predicted octanol–water partition coefficient (Wildman–Crippen LogP) is 3.76. The van der Waals surface area contributed by atoms with Gasteiger partial charge in [-0.3, -0.25) is 4.90 Å². The van der Waals surface area contributed by atoms with Crippen molar-refractivity contribution >= 4 is 11.8 Å². The van der Waals surface area contributed by atoms with Crippen LogP contribution in [0.25, 0.3) is 0 Å². The van der Waals surface area contributed by atoms with Crippen LogP contribution in [0.2, 0.25) is 0 Å². The molecule has 1 aromatic carbocycles. The molecule has 2 N–H and O–H groups in total. The lowest BCUT2D eigenvalue weighted by Gasteiger charge is -2.39. The first kappa shape index (κ1) is 16.8. The molecular weight excluding hydrogens is 283 g/mol. The molecule has 0 heterocycles. The van der Waals surface area contributed by atoms with Gasteiger partial charge in [0.2, 0.25) is 0 Å². The molecule has 1 aromatic rings. The van der Waals surface area contributed by atoms with Crippen LogP contribution in [0.4, 0.5) is 4.39 Å². The summed E-state index contributed by atoms with van der Waals surface area (Å²) in [5, 5.41) is 0. The van der Waals surface area contributed by atoms with Gasteiger partial charge >= 0.3 is 0 Å². The van der Waals surface area contributed by atoms with E-state index in [-0.39, 0.29) is 5.82 Å². The first-order chi connectivity index (χ1) is 10.3. The molecule has 1 saturated carbocycles. The molecule has 2 nitrogen and oxygen atoms in total. The Balaban J connectivity index is 1.86. The summed E-state index contributed by atoms with van der Waals surface area (Å²) in [6.45, 7) is 5.08. The Morgan fingerprint density at radius 3 is 2.76 bits per heavy atom. The van der Waals surface area contributed by atoms with Gasteiger partial charge < -0.3 is 5.73 Å². The van der Waals surface area contributed by atoms with Crippen LogP contribution in [0.15, 0.2) is 29.2 Å². The standard InChI is InChI=1S/C17H27FN2S/c1-2-20(16-9-5-3-7-14(16)13-19)11-12-21-17-10-6-4-8-15(17)18/h4,6,8,10,14,16H,2-3,5,7,9,11-13,19H2,1H3. The quantitative estimate of drug-likeness (QED) is 0.778. The molecule has 2 unspecified atom stereocenters. The van der Waals surface area contributed by atoms with Crippen molar-refractivity contribution in [2.24, 2.45) is 11.7 Å². The first-order valence-electron chi connectivity index (χ1n) is 8.07. The summed E-state index contributed by atoms with van der Waals surface area (Å²) in [5.41, 5.74) is 5.94. The van der Waals surface area contributed by atoms with Crippen LogP contribution in [0, 0.1) is 11.7 Å². The SMILES string of the molecule is CCN(CCSc1ccccc1F)C1CCCCC1CN. The molecular formula is C17H27FN2S. The van der Waals surface area contributed by atoms with Crippen LogP contribution in [0.3, 0.4) is 0 Å². The van der Waals surface area contributed by atoms with E-state index in [1.807, 2.05) is 12.1 Å². The zero-order valence-electron chi connectivity index (χ0n) is 12.9. The predicted molar refractivity (Wildman–Crippen MR) is 89.2 cm³/mol. The second kappa shape index (κ2) is 8.76. The van der Waals surface area contributed by atoms with Crippen molar-refractivity contribution in [1.29, 1.82) is 0 Å². The minimum absolute atomic E-state index is 0.108. The van der Waals surface area contributed by atoms with Crippen LogP contribution in [0.1, 0.15) is 32.6 Å². The van der Waals surface area contributed by atoms with Crippen molar-refractivity contribution < 1.29 is 4.39 Å². The minimum atomic E-state index is -0.108. The summed E-state index contributed by atoms with van der Waals surface area (Å²) in [7, 11) is 0. The fourth-order valence-corrected chi connectivity index (χ4v) is 4.26. The molecule has 1 fully saturated rings. The number of hydrogen-bond acceptors (Lipinski definition) is 3. The van der Waals surface area contributed by atoms with Crippen molar-refractivity contribution in [2.45, 2.75) is 43.5 Å². The minimum Gasteiger partial charge on any atom is -0.330 e. The Bertz CT molecular complexity index is 427. The molecule has 21 heavy (non-hydrogen) atoms. The van der Waals surface area contributed by atoms with E-state index in [4.69, 9.17) is 5.73 Å². The Kier molecular flexibility index (Phi) is 7.00. The number of nitrogens with zero attached hydrogens (tertiary/aromatic N) is 1. The van der Waals surface area contributed by atoms with Gasteiger partial charge in [0.05, 0.1) is 0 Å². The average Bonchev–Trinajstić information content (AvgIpc) is 2.53. The van der Waals surface area contributed by atoms with Gasteiger partial charge in [0.25, 0.3) is 0 Å². The highest BCUT2D eigenvalue weighted by molar-refractivity contribution is 7.99.